The quantitative estimate of drug-likeness (QED) is 0.739. The van der Waals surface area contributed by atoms with Crippen molar-refractivity contribution in [3.05, 3.63) is 0 Å². The lowest BCUT2D eigenvalue weighted by molar-refractivity contribution is -0.0888. The van der Waals surface area contributed by atoms with Gasteiger partial charge in [0.1, 0.15) is 0 Å². The summed E-state index contributed by atoms with van der Waals surface area (Å²) in [4.78, 5) is 2.58. The van der Waals surface area contributed by atoms with Gasteiger partial charge in [-0.15, -0.1) is 0 Å². The van der Waals surface area contributed by atoms with E-state index in [1.165, 1.54) is 32.5 Å². The van der Waals surface area contributed by atoms with Crippen LogP contribution in [-0.4, -0.2) is 63.0 Å². The van der Waals surface area contributed by atoms with Gasteiger partial charge in [-0.2, -0.15) is 0 Å². The SMILES string of the molecule is C1COC(CNC2CN3CCC2CC3)CO1. The Kier molecular flexibility index (Phi) is 3.43. The highest BCUT2D eigenvalue weighted by Gasteiger charge is 2.34. The molecule has 2 bridgehead atoms. The summed E-state index contributed by atoms with van der Waals surface area (Å²) >= 11 is 0. The minimum atomic E-state index is 0.268. The highest BCUT2D eigenvalue weighted by Crippen LogP contribution is 2.27. The lowest BCUT2D eigenvalue weighted by atomic mass is 9.84. The first-order chi connectivity index (χ1) is 7.92. The Morgan fingerprint density at radius 1 is 1.19 bits per heavy atom. The molecule has 4 aliphatic heterocycles. The lowest BCUT2D eigenvalue weighted by Crippen LogP contribution is -2.57. The zero-order chi connectivity index (χ0) is 10.8. The molecule has 4 aliphatic rings. The first kappa shape index (κ1) is 11.0. The Labute approximate surface area is 97.3 Å². The Morgan fingerprint density at radius 2 is 2.06 bits per heavy atom. The molecule has 0 saturated carbocycles. The van der Waals surface area contributed by atoms with Crippen LogP contribution in [0.1, 0.15) is 12.8 Å². The molecule has 0 aliphatic carbocycles. The first-order valence-electron chi connectivity index (χ1n) is 6.57. The van der Waals surface area contributed by atoms with Crippen LogP contribution in [0, 0.1) is 5.92 Å². The molecule has 4 heteroatoms. The fraction of sp³-hybridized carbons (Fsp3) is 1.00. The van der Waals surface area contributed by atoms with Crippen molar-refractivity contribution in [3.8, 4) is 0 Å². The zero-order valence-corrected chi connectivity index (χ0v) is 9.86. The number of hydrogen-bond acceptors (Lipinski definition) is 4. The van der Waals surface area contributed by atoms with Crippen LogP contribution in [0.3, 0.4) is 0 Å². The van der Waals surface area contributed by atoms with Crippen LogP contribution < -0.4 is 5.32 Å². The lowest BCUT2D eigenvalue weighted by Gasteiger charge is -2.45. The third-order valence-corrected chi connectivity index (χ3v) is 4.15. The normalized spacial score (nSPS) is 43.5. The van der Waals surface area contributed by atoms with Gasteiger partial charge in [0.05, 0.1) is 25.9 Å². The van der Waals surface area contributed by atoms with Gasteiger partial charge >= 0.3 is 0 Å². The van der Waals surface area contributed by atoms with E-state index in [4.69, 9.17) is 9.47 Å². The average molecular weight is 226 g/mol. The van der Waals surface area contributed by atoms with Gasteiger partial charge in [-0.05, 0) is 31.8 Å². The molecule has 2 unspecified atom stereocenters. The molecule has 0 aromatic heterocycles. The molecule has 0 aromatic rings. The van der Waals surface area contributed by atoms with Crippen LogP contribution in [0.4, 0.5) is 0 Å². The van der Waals surface area contributed by atoms with Crippen LogP contribution in [0.5, 0.6) is 0 Å². The summed E-state index contributed by atoms with van der Waals surface area (Å²) in [5.41, 5.74) is 0. The van der Waals surface area contributed by atoms with E-state index in [0.717, 1.165) is 32.3 Å². The summed E-state index contributed by atoms with van der Waals surface area (Å²) in [6.07, 6.45) is 3.02. The van der Waals surface area contributed by atoms with Crippen LogP contribution in [0.15, 0.2) is 0 Å². The van der Waals surface area contributed by atoms with Gasteiger partial charge in [-0.25, -0.2) is 0 Å². The van der Waals surface area contributed by atoms with Crippen molar-refractivity contribution >= 4 is 0 Å². The number of rotatable bonds is 3. The van der Waals surface area contributed by atoms with E-state index in [1.54, 1.807) is 0 Å². The van der Waals surface area contributed by atoms with Crippen LogP contribution in [0.25, 0.3) is 0 Å². The van der Waals surface area contributed by atoms with Gasteiger partial charge in [0.25, 0.3) is 0 Å². The van der Waals surface area contributed by atoms with E-state index in [-0.39, 0.29) is 6.10 Å². The molecule has 4 nitrogen and oxygen atoms in total. The van der Waals surface area contributed by atoms with Crippen molar-refractivity contribution in [2.24, 2.45) is 5.92 Å². The van der Waals surface area contributed by atoms with Gasteiger partial charge in [-0.1, -0.05) is 0 Å². The van der Waals surface area contributed by atoms with Gasteiger partial charge in [0.15, 0.2) is 0 Å². The summed E-state index contributed by atoms with van der Waals surface area (Å²) in [7, 11) is 0. The summed E-state index contributed by atoms with van der Waals surface area (Å²) in [6.45, 7) is 7.09. The van der Waals surface area contributed by atoms with Crippen LogP contribution in [-0.2, 0) is 9.47 Å². The van der Waals surface area contributed by atoms with Crippen molar-refractivity contribution in [3.63, 3.8) is 0 Å². The molecular weight excluding hydrogens is 204 g/mol. The van der Waals surface area contributed by atoms with E-state index in [1.807, 2.05) is 0 Å². The number of piperidine rings is 3. The summed E-state index contributed by atoms with van der Waals surface area (Å²) in [5, 5.41) is 3.68. The molecule has 0 aromatic carbocycles. The molecule has 92 valence electrons. The minimum Gasteiger partial charge on any atom is -0.376 e. The van der Waals surface area contributed by atoms with Crippen molar-refractivity contribution in [2.75, 3.05) is 46.0 Å². The first-order valence-corrected chi connectivity index (χ1v) is 6.57. The number of hydrogen-bond donors (Lipinski definition) is 1. The van der Waals surface area contributed by atoms with E-state index >= 15 is 0 Å². The van der Waals surface area contributed by atoms with Gasteiger partial charge in [0, 0.05) is 19.1 Å². The number of fused-ring (bicyclic) bond motifs is 3. The van der Waals surface area contributed by atoms with Crippen molar-refractivity contribution in [2.45, 2.75) is 25.0 Å². The molecule has 4 saturated heterocycles. The van der Waals surface area contributed by atoms with E-state index in [2.05, 4.69) is 10.2 Å². The highest BCUT2D eigenvalue weighted by atomic mass is 16.6. The molecule has 0 spiro atoms. The Balaban J connectivity index is 1.44. The topological polar surface area (TPSA) is 33.7 Å². The molecule has 2 atom stereocenters. The fourth-order valence-corrected chi connectivity index (χ4v) is 3.13. The molecule has 4 rings (SSSR count). The van der Waals surface area contributed by atoms with Crippen molar-refractivity contribution in [1.82, 2.24) is 10.2 Å². The highest BCUT2D eigenvalue weighted by molar-refractivity contribution is 4.91. The number of ether oxygens (including phenoxy) is 2. The maximum Gasteiger partial charge on any atom is 0.0933 e. The summed E-state index contributed by atoms with van der Waals surface area (Å²) in [6, 6.07) is 0.688. The second kappa shape index (κ2) is 5.00. The number of nitrogens with one attached hydrogen (secondary N) is 1. The largest absolute Gasteiger partial charge is 0.376 e. The van der Waals surface area contributed by atoms with Crippen molar-refractivity contribution < 1.29 is 9.47 Å². The third-order valence-electron chi connectivity index (χ3n) is 4.15. The predicted molar refractivity (Wildman–Crippen MR) is 61.5 cm³/mol. The van der Waals surface area contributed by atoms with E-state index < -0.39 is 0 Å². The standard InChI is InChI=1S/C12H22N2O2/c1-3-14-4-2-10(1)12(8-14)13-7-11-9-15-5-6-16-11/h10-13H,1-9H2. The minimum absolute atomic E-state index is 0.268. The molecule has 0 amide bonds. The molecule has 16 heavy (non-hydrogen) atoms. The Hall–Kier alpha value is -0.160. The van der Waals surface area contributed by atoms with Crippen LogP contribution in [0.2, 0.25) is 0 Å². The van der Waals surface area contributed by atoms with Crippen LogP contribution >= 0.6 is 0 Å². The maximum absolute atomic E-state index is 5.65. The maximum atomic E-state index is 5.65. The van der Waals surface area contributed by atoms with E-state index in [0.29, 0.717) is 6.04 Å². The average Bonchev–Trinajstić information content (AvgIpc) is 2.39. The monoisotopic (exact) mass is 226 g/mol. The summed E-state index contributed by atoms with van der Waals surface area (Å²) in [5.74, 6) is 0.898. The Morgan fingerprint density at radius 3 is 2.69 bits per heavy atom. The fourth-order valence-electron chi connectivity index (χ4n) is 3.13. The molecular formula is C12H22N2O2. The third kappa shape index (κ3) is 2.40. The smallest absolute Gasteiger partial charge is 0.0933 e. The van der Waals surface area contributed by atoms with Gasteiger partial charge in [0.2, 0.25) is 0 Å². The molecule has 0 radical (unpaired) electrons. The van der Waals surface area contributed by atoms with Crippen molar-refractivity contribution in [1.29, 1.82) is 0 Å². The molecule has 4 heterocycles. The predicted octanol–water partition coefficient (Wildman–Crippen LogP) is 0.0856. The van der Waals surface area contributed by atoms with Gasteiger partial charge < -0.3 is 19.7 Å². The Bertz CT molecular complexity index is 223. The summed E-state index contributed by atoms with van der Waals surface area (Å²) < 4.78 is 11.1. The van der Waals surface area contributed by atoms with E-state index in [9.17, 15) is 0 Å². The van der Waals surface area contributed by atoms with Gasteiger partial charge in [-0.3, -0.25) is 0 Å². The second-order valence-corrected chi connectivity index (χ2v) is 5.22. The number of nitrogens with zero attached hydrogens (tertiary/aromatic N) is 1. The molecule has 1 N–H and O–H groups in total. The zero-order valence-electron chi connectivity index (χ0n) is 9.86. The molecule has 4 fully saturated rings. The second-order valence-electron chi connectivity index (χ2n) is 5.22.